The Morgan fingerprint density at radius 3 is 1.75 bits per heavy atom. The van der Waals surface area contributed by atoms with Gasteiger partial charge in [0.05, 0.1) is 26.4 Å². The molecule has 1 saturated heterocycles. The van der Waals surface area contributed by atoms with E-state index in [4.69, 9.17) is 14.2 Å². The summed E-state index contributed by atoms with van der Waals surface area (Å²) in [5, 5.41) is 9.42. The maximum atomic E-state index is 12.0. The van der Waals surface area contributed by atoms with Crippen LogP contribution in [-0.4, -0.2) is 68.3 Å². The van der Waals surface area contributed by atoms with Crippen LogP contribution < -0.4 is 0 Å². The number of aliphatic hydroxyl groups is 1. The van der Waals surface area contributed by atoms with E-state index in [0.29, 0.717) is 32.9 Å². The first-order valence-electron chi connectivity index (χ1n) is 13.5. The average Bonchev–Trinajstić information content (AvgIpc) is 2.83. The van der Waals surface area contributed by atoms with E-state index in [0.717, 1.165) is 6.42 Å². The lowest BCUT2D eigenvalue weighted by molar-refractivity contribution is -0.0318. The molecule has 0 bridgehead atoms. The van der Waals surface area contributed by atoms with Crippen molar-refractivity contribution in [2.24, 2.45) is 0 Å². The van der Waals surface area contributed by atoms with Crippen LogP contribution in [0.1, 0.15) is 110 Å². The van der Waals surface area contributed by atoms with E-state index < -0.39 is 12.2 Å². The molecule has 0 radical (unpaired) electrons. The zero-order valence-electron chi connectivity index (χ0n) is 20.9. The SMILES string of the molecule is CCCCCCCCCCCCCCCCCCOCC(CO)OC(=O)N1CCOCC1. The van der Waals surface area contributed by atoms with Gasteiger partial charge in [-0.05, 0) is 6.42 Å². The number of morpholine rings is 1. The van der Waals surface area contributed by atoms with E-state index in [9.17, 15) is 9.90 Å². The largest absolute Gasteiger partial charge is 0.441 e. The van der Waals surface area contributed by atoms with Gasteiger partial charge in [-0.25, -0.2) is 4.79 Å². The number of ether oxygens (including phenoxy) is 3. The lowest BCUT2D eigenvalue weighted by Crippen LogP contribution is -2.43. The second-order valence-electron chi connectivity index (χ2n) is 9.17. The Hall–Kier alpha value is -0.850. The van der Waals surface area contributed by atoms with Gasteiger partial charge in [-0.3, -0.25) is 0 Å². The third-order valence-electron chi connectivity index (χ3n) is 6.19. The number of aliphatic hydroxyl groups excluding tert-OH is 1. The summed E-state index contributed by atoms with van der Waals surface area (Å²) in [4.78, 5) is 13.7. The molecule has 1 heterocycles. The molecule has 1 rings (SSSR count). The predicted octanol–water partition coefficient (Wildman–Crippen LogP) is 6.09. The third-order valence-corrected chi connectivity index (χ3v) is 6.19. The molecule has 1 aliphatic rings. The smallest absolute Gasteiger partial charge is 0.410 e. The van der Waals surface area contributed by atoms with E-state index >= 15 is 0 Å². The van der Waals surface area contributed by atoms with Gasteiger partial charge in [0.25, 0.3) is 0 Å². The summed E-state index contributed by atoms with van der Waals surface area (Å²) < 4.78 is 16.2. The quantitative estimate of drug-likeness (QED) is 0.211. The van der Waals surface area contributed by atoms with E-state index in [-0.39, 0.29) is 13.2 Å². The monoisotopic (exact) mass is 457 g/mol. The molecule has 0 aromatic carbocycles. The summed E-state index contributed by atoms with van der Waals surface area (Å²) in [6, 6.07) is 0. The van der Waals surface area contributed by atoms with Gasteiger partial charge in [0.15, 0.2) is 0 Å². The zero-order chi connectivity index (χ0) is 23.1. The molecule has 1 fully saturated rings. The number of amides is 1. The highest BCUT2D eigenvalue weighted by Gasteiger charge is 2.21. The maximum Gasteiger partial charge on any atom is 0.410 e. The van der Waals surface area contributed by atoms with Crippen molar-refractivity contribution in [3.63, 3.8) is 0 Å². The van der Waals surface area contributed by atoms with Crippen molar-refractivity contribution in [1.29, 1.82) is 0 Å². The Labute approximate surface area is 197 Å². The van der Waals surface area contributed by atoms with Gasteiger partial charge in [-0.2, -0.15) is 0 Å². The molecule has 1 unspecified atom stereocenters. The molecular formula is C26H51NO5. The van der Waals surface area contributed by atoms with Crippen LogP contribution in [0, 0.1) is 0 Å². The molecule has 1 N–H and O–H groups in total. The number of hydrogen-bond donors (Lipinski definition) is 1. The van der Waals surface area contributed by atoms with Crippen LogP contribution in [0.4, 0.5) is 4.79 Å². The fourth-order valence-electron chi connectivity index (χ4n) is 4.05. The van der Waals surface area contributed by atoms with Gasteiger partial charge in [0, 0.05) is 19.7 Å². The summed E-state index contributed by atoms with van der Waals surface area (Å²) in [6.45, 7) is 5.13. The number of rotatable bonds is 21. The van der Waals surface area contributed by atoms with Crippen molar-refractivity contribution in [2.75, 3.05) is 46.1 Å². The van der Waals surface area contributed by atoms with Crippen LogP contribution in [0.15, 0.2) is 0 Å². The highest BCUT2D eigenvalue weighted by molar-refractivity contribution is 5.67. The van der Waals surface area contributed by atoms with Crippen LogP contribution in [0.25, 0.3) is 0 Å². The molecule has 0 aromatic heterocycles. The number of carbonyl (C=O) groups is 1. The van der Waals surface area contributed by atoms with Crippen molar-refractivity contribution >= 4 is 6.09 Å². The highest BCUT2D eigenvalue weighted by atomic mass is 16.6. The van der Waals surface area contributed by atoms with Gasteiger partial charge in [0.1, 0.15) is 6.10 Å². The standard InChI is InChI=1S/C26H51NO5/c1-2-3-4-5-6-7-8-9-10-11-12-13-14-15-16-17-20-31-24-25(23-28)32-26(29)27-18-21-30-22-19-27/h25,28H,2-24H2,1H3. The number of carbonyl (C=O) groups excluding carboxylic acids is 1. The Kier molecular flexibility index (Phi) is 20.0. The molecule has 6 nitrogen and oxygen atoms in total. The third kappa shape index (κ3) is 16.7. The molecule has 1 aliphatic heterocycles. The van der Waals surface area contributed by atoms with Crippen molar-refractivity contribution < 1.29 is 24.1 Å². The number of hydrogen-bond acceptors (Lipinski definition) is 5. The fourth-order valence-corrected chi connectivity index (χ4v) is 4.05. The Balaban J connectivity index is 1.81. The average molecular weight is 458 g/mol. The molecule has 32 heavy (non-hydrogen) atoms. The minimum absolute atomic E-state index is 0.213. The van der Waals surface area contributed by atoms with Gasteiger partial charge in [0.2, 0.25) is 0 Å². The van der Waals surface area contributed by atoms with Crippen molar-refractivity contribution in [3.8, 4) is 0 Å². The lowest BCUT2D eigenvalue weighted by atomic mass is 10.0. The highest BCUT2D eigenvalue weighted by Crippen LogP contribution is 2.13. The topological polar surface area (TPSA) is 68.2 Å². The maximum absolute atomic E-state index is 12.0. The first-order chi connectivity index (χ1) is 15.8. The molecule has 0 aliphatic carbocycles. The van der Waals surface area contributed by atoms with Crippen molar-refractivity contribution in [3.05, 3.63) is 0 Å². The zero-order valence-corrected chi connectivity index (χ0v) is 20.9. The predicted molar refractivity (Wildman–Crippen MR) is 130 cm³/mol. The van der Waals surface area contributed by atoms with Gasteiger partial charge in [-0.1, -0.05) is 103 Å². The molecule has 6 heteroatoms. The van der Waals surface area contributed by atoms with Crippen molar-refractivity contribution in [1.82, 2.24) is 4.90 Å². The normalized spacial score (nSPS) is 15.1. The molecule has 190 valence electrons. The first-order valence-corrected chi connectivity index (χ1v) is 13.5. The summed E-state index contributed by atoms with van der Waals surface area (Å²) in [5.41, 5.74) is 0. The fraction of sp³-hybridized carbons (Fsp3) is 0.962. The molecule has 0 saturated carbocycles. The second-order valence-corrected chi connectivity index (χ2v) is 9.17. The van der Waals surface area contributed by atoms with E-state index in [1.54, 1.807) is 4.90 Å². The summed E-state index contributed by atoms with van der Waals surface area (Å²) in [6.07, 6.45) is 20.6. The molecule has 0 aromatic rings. The minimum atomic E-state index is -0.591. The summed E-state index contributed by atoms with van der Waals surface area (Å²) in [7, 11) is 0. The molecule has 1 atom stereocenters. The van der Waals surface area contributed by atoms with E-state index in [1.165, 1.54) is 96.3 Å². The number of nitrogens with zero attached hydrogens (tertiary/aromatic N) is 1. The first kappa shape index (κ1) is 29.2. The Morgan fingerprint density at radius 1 is 0.812 bits per heavy atom. The van der Waals surface area contributed by atoms with E-state index in [2.05, 4.69) is 6.92 Å². The van der Waals surface area contributed by atoms with Crippen molar-refractivity contribution in [2.45, 2.75) is 116 Å². The minimum Gasteiger partial charge on any atom is -0.441 e. The van der Waals surface area contributed by atoms with Crippen LogP contribution >= 0.6 is 0 Å². The number of unbranched alkanes of at least 4 members (excludes halogenated alkanes) is 15. The Bertz CT molecular complexity index is 415. The molecule has 1 amide bonds. The van der Waals surface area contributed by atoms with Gasteiger partial charge in [-0.15, -0.1) is 0 Å². The summed E-state index contributed by atoms with van der Waals surface area (Å²) in [5.74, 6) is 0. The van der Waals surface area contributed by atoms with Gasteiger partial charge < -0.3 is 24.2 Å². The van der Waals surface area contributed by atoms with Crippen LogP contribution in [0.3, 0.4) is 0 Å². The lowest BCUT2D eigenvalue weighted by Gasteiger charge is -2.27. The molecular weight excluding hydrogens is 406 g/mol. The van der Waals surface area contributed by atoms with E-state index in [1.807, 2.05) is 0 Å². The van der Waals surface area contributed by atoms with Gasteiger partial charge >= 0.3 is 6.09 Å². The van der Waals surface area contributed by atoms with Crippen LogP contribution in [0.5, 0.6) is 0 Å². The molecule has 0 spiro atoms. The Morgan fingerprint density at radius 2 is 1.28 bits per heavy atom. The van der Waals surface area contributed by atoms with Crippen LogP contribution in [0.2, 0.25) is 0 Å². The summed E-state index contributed by atoms with van der Waals surface area (Å²) >= 11 is 0. The van der Waals surface area contributed by atoms with Crippen LogP contribution in [-0.2, 0) is 14.2 Å². The second kappa shape index (κ2) is 22.0.